The van der Waals surface area contributed by atoms with Crippen LogP contribution in [0.4, 0.5) is 15.9 Å². The number of carbonyl (C=O) groups is 1. The summed E-state index contributed by atoms with van der Waals surface area (Å²) < 4.78 is 13.5. The molecule has 0 radical (unpaired) electrons. The molecule has 0 aliphatic rings. The van der Waals surface area contributed by atoms with Crippen molar-refractivity contribution in [2.75, 3.05) is 17.2 Å². The Morgan fingerprint density at radius 2 is 2.15 bits per heavy atom. The van der Waals surface area contributed by atoms with Crippen molar-refractivity contribution in [1.29, 1.82) is 0 Å². The SMILES string of the molecule is CCNc1cccc(C(=O)Nc2cc(Cl)ccc2F)n1. The minimum absolute atomic E-state index is 0.0261. The van der Waals surface area contributed by atoms with Crippen LogP contribution >= 0.6 is 11.6 Å². The van der Waals surface area contributed by atoms with Gasteiger partial charge in [0.25, 0.3) is 5.91 Å². The molecule has 1 amide bonds. The topological polar surface area (TPSA) is 54.0 Å². The molecular formula is C14H13ClFN3O. The van der Waals surface area contributed by atoms with E-state index in [1.54, 1.807) is 18.2 Å². The molecule has 2 N–H and O–H groups in total. The molecule has 0 fully saturated rings. The molecule has 0 aliphatic heterocycles. The van der Waals surface area contributed by atoms with Crippen molar-refractivity contribution in [3.05, 3.63) is 52.9 Å². The van der Waals surface area contributed by atoms with Crippen LogP contribution in [0.25, 0.3) is 0 Å². The van der Waals surface area contributed by atoms with Gasteiger partial charge in [0.05, 0.1) is 5.69 Å². The predicted octanol–water partition coefficient (Wildman–Crippen LogP) is 3.56. The van der Waals surface area contributed by atoms with Crippen LogP contribution in [-0.2, 0) is 0 Å². The maximum Gasteiger partial charge on any atom is 0.274 e. The van der Waals surface area contributed by atoms with Crippen molar-refractivity contribution < 1.29 is 9.18 Å². The molecule has 0 saturated carbocycles. The zero-order valence-electron chi connectivity index (χ0n) is 10.8. The Labute approximate surface area is 121 Å². The molecule has 1 aromatic heterocycles. The largest absolute Gasteiger partial charge is 0.370 e. The molecule has 0 bridgehead atoms. The van der Waals surface area contributed by atoms with Crippen LogP contribution in [-0.4, -0.2) is 17.4 Å². The highest BCUT2D eigenvalue weighted by molar-refractivity contribution is 6.31. The van der Waals surface area contributed by atoms with Crippen molar-refractivity contribution in [2.45, 2.75) is 6.92 Å². The van der Waals surface area contributed by atoms with Crippen molar-refractivity contribution in [1.82, 2.24) is 4.98 Å². The monoisotopic (exact) mass is 293 g/mol. The lowest BCUT2D eigenvalue weighted by molar-refractivity contribution is 0.102. The van der Waals surface area contributed by atoms with Crippen molar-refractivity contribution >= 4 is 29.0 Å². The Balaban J connectivity index is 2.19. The summed E-state index contributed by atoms with van der Waals surface area (Å²) in [5.74, 6) is -0.455. The van der Waals surface area contributed by atoms with E-state index < -0.39 is 11.7 Å². The summed E-state index contributed by atoms with van der Waals surface area (Å²) in [6.07, 6.45) is 0. The van der Waals surface area contributed by atoms with E-state index in [4.69, 9.17) is 11.6 Å². The minimum atomic E-state index is -0.550. The third-order valence-corrected chi connectivity index (χ3v) is 2.75. The number of hydrogen-bond donors (Lipinski definition) is 2. The zero-order chi connectivity index (χ0) is 14.5. The Kier molecular flexibility index (Phi) is 4.53. The van der Waals surface area contributed by atoms with Gasteiger partial charge in [-0.05, 0) is 37.3 Å². The molecule has 2 aromatic rings. The summed E-state index contributed by atoms with van der Waals surface area (Å²) in [5, 5.41) is 5.79. The van der Waals surface area contributed by atoms with E-state index in [2.05, 4.69) is 15.6 Å². The maximum absolute atomic E-state index is 13.5. The minimum Gasteiger partial charge on any atom is -0.370 e. The van der Waals surface area contributed by atoms with Crippen molar-refractivity contribution in [2.24, 2.45) is 0 Å². The summed E-state index contributed by atoms with van der Waals surface area (Å²) in [6.45, 7) is 2.62. The average Bonchev–Trinajstić information content (AvgIpc) is 2.43. The predicted molar refractivity (Wildman–Crippen MR) is 77.8 cm³/mol. The highest BCUT2D eigenvalue weighted by Gasteiger charge is 2.11. The lowest BCUT2D eigenvalue weighted by Crippen LogP contribution is -2.15. The summed E-state index contributed by atoms with van der Waals surface area (Å²) >= 11 is 5.77. The first-order chi connectivity index (χ1) is 9.60. The van der Waals surface area contributed by atoms with E-state index in [1.165, 1.54) is 18.2 Å². The van der Waals surface area contributed by atoms with Gasteiger partial charge in [-0.3, -0.25) is 4.79 Å². The van der Waals surface area contributed by atoms with Crippen LogP contribution in [0.15, 0.2) is 36.4 Å². The van der Waals surface area contributed by atoms with Gasteiger partial charge >= 0.3 is 0 Å². The Morgan fingerprint density at radius 1 is 1.35 bits per heavy atom. The van der Waals surface area contributed by atoms with Crippen LogP contribution in [0, 0.1) is 5.82 Å². The number of nitrogens with one attached hydrogen (secondary N) is 2. The highest BCUT2D eigenvalue weighted by Crippen LogP contribution is 2.20. The first-order valence-electron chi connectivity index (χ1n) is 6.07. The Bertz CT molecular complexity index is 634. The number of benzene rings is 1. The highest BCUT2D eigenvalue weighted by atomic mass is 35.5. The van der Waals surface area contributed by atoms with Crippen LogP contribution < -0.4 is 10.6 Å². The number of nitrogens with zero attached hydrogens (tertiary/aromatic N) is 1. The number of aromatic nitrogens is 1. The number of hydrogen-bond acceptors (Lipinski definition) is 3. The zero-order valence-corrected chi connectivity index (χ0v) is 11.5. The lowest BCUT2D eigenvalue weighted by atomic mass is 10.2. The second kappa shape index (κ2) is 6.34. The molecule has 0 unspecified atom stereocenters. The number of amides is 1. The van der Waals surface area contributed by atoms with Gasteiger partial charge < -0.3 is 10.6 Å². The van der Waals surface area contributed by atoms with Gasteiger partial charge in [-0.1, -0.05) is 17.7 Å². The second-order valence-corrected chi connectivity index (χ2v) is 4.45. The molecule has 1 heterocycles. The average molecular weight is 294 g/mol. The molecule has 4 nitrogen and oxygen atoms in total. The summed E-state index contributed by atoms with van der Waals surface area (Å²) in [4.78, 5) is 16.2. The summed E-state index contributed by atoms with van der Waals surface area (Å²) in [5.41, 5.74) is 0.223. The molecule has 0 saturated heterocycles. The molecule has 20 heavy (non-hydrogen) atoms. The van der Waals surface area contributed by atoms with E-state index >= 15 is 0 Å². The van der Waals surface area contributed by atoms with Gasteiger partial charge in [0.15, 0.2) is 0 Å². The maximum atomic E-state index is 13.5. The molecule has 2 rings (SSSR count). The molecule has 6 heteroatoms. The standard InChI is InChI=1S/C14H13ClFN3O/c1-2-17-13-5-3-4-11(18-13)14(20)19-12-8-9(15)6-7-10(12)16/h3-8H,2H2,1H3,(H,17,18)(H,19,20). The van der Waals surface area contributed by atoms with Crippen molar-refractivity contribution in [3.8, 4) is 0 Å². The van der Waals surface area contributed by atoms with Gasteiger partial charge in [0, 0.05) is 11.6 Å². The van der Waals surface area contributed by atoms with E-state index in [0.29, 0.717) is 17.4 Å². The fraction of sp³-hybridized carbons (Fsp3) is 0.143. The number of carbonyl (C=O) groups excluding carboxylic acids is 1. The van der Waals surface area contributed by atoms with Gasteiger partial charge in [-0.25, -0.2) is 9.37 Å². The van der Waals surface area contributed by atoms with E-state index in [0.717, 1.165) is 0 Å². The summed E-state index contributed by atoms with van der Waals surface area (Å²) in [6, 6.07) is 8.97. The number of rotatable bonds is 4. The first-order valence-corrected chi connectivity index (χ1v) is 6.45. The molecule has 0 atom stereocenters. The molecule has 0 aliphatic carbocycles. The second-order valence-electron chi connectivity index (χ2n) is 4.02. The van der Waals surface area contributed by atoms with Gasteiger partial charge in [0.2, 0.25) is 0 Å². The van der Waals surface area contributed by atoms with Crippen LogP contribution in [0.3, 0.4) is 0 Å². The lowest BCUT2D eigenvalue weighted by Gasteiger charge is -2.08. The van der Waals surface area contributed by atoms with Crippen molar-refractivity contribution in [3.63, 3.8) is 0 Å². The quantitative estimate of drug-likeness (QED) is 0.906. The van der Waals surface area contributed by atoms with Gasteiger partial charge in [-0.2, -0.15) is 0 Å². The van der Waals surface area contributed by atoms with Crippen LogP contribution in [0.2, 0.25) is 5.02 Å². The van der Waals surface area contributed by atoms with Gasteiger partial charge in [0.1, 0.15) is 17.3 Å². The van der Waals surface area contributed by atoms with Gasteiger partial charge in [-0.15, -0.1) is 0 Å². The number of pyridine rings is 1. The van der Waals surface area contributed by atoms with E-state index in [-0.39, 0.29) is 11.4 Å². The summed E-state index contributed by atoms with van der Waals surface area (Å²) in [7, 11) is 0. The fourth-order valence-corrected chi connectivity index (χ4v) is 1.79. The van der Waals surface area contributed by atoms with Crippen LogP contribution in [0.1, 0.15) is 17.4 Å². The third-order valence-electron chi connectivity index (χ3n) is 2.52. The molecule has 1 aromatic carbocycles. The fourth-order valence-electron chi connectivity index (χ4n) is 1.62. The molecule has 0 spiro atoms. The van der Waals surface area contributed by atoms with E-state index in [9.17, 15) is 9.18 Å². The third kappa shape index (κ3) is 3.45. The van der Waals surface area contributed by atoms with Crippen LogP contribution in [0.5, 0.6) is 0 Å². The smallest absolute Gasteiger partial charge is 0.274 e. The molecular weight excluding hydrogens is 281 g/mol. The number of halogens is 2. The normalized spacial score (nSPS) is 10.2. The first kappa shape index (κ1) is 14.3. The Hall–Kier alpha value is -2.14. The Morgan fingerprint density at radius 3 is 2.90 bits per heavy atom. The molecule has 104 valence electrons. The number of anilines is 2. The van der Waals surface area contributed by atoms with E-state index in [1.807, 2.05) is 6.92 Å².